The van der Waals surface area contributed by atoms with Crippen LogP contribution in [-0.2, 0) is 22.8 Å². The molecule has 0 fully saturated rings. The summed E-state index contributed by atoms with van der Waals surface area (Å²) in [7, 11) is -3.24. The van der Waals surface area contributed by atoms with Crippen LogP contribution in [0.2, 0.25) is 0 Å². The van der Waals surface area contributed by atoms with E-state index in [0.29, 0.717) is 17.1 Å². The van der Waals surface area contributed by atoms with Gasteiger partial charge in [-0.3, -0.25) is 0 Å². The van der Waals surface area contributed by atoms with E-state index in [1.54, 1.807) is 24.3 Å². The minimum atomic E-state index is -3.24. The summed E-state index contributed by atoms with van der Waals surface area (Å²) in [5, 5.41) is 0. The van der Waals surface area contributed by atoms with Crippen LogP contribution < -0.4 is 5.73 Å². The molecule has 0 aliphatic rings. The van der Waals surface area contributed by atoms with E-state index >= 15 is 0 Å². The normalized spacial score (nSPS) is 12.0. The molecule has 2 aromatic heterocycles. The number of rotatable bonds is 8. The fourth-order valence-corrected chi connectivity index (χ4v) is 4.90. The molecule has 28 heavy (non-hydrogen) atoms. The first-order chi connectivity index (χ1) is 13.3. The molecule has 0 spiro atoms. The van der Waals surface area contributed by atoms with E-state index in [-0.39, 0.29) is 5.75 Å². The van der Waals surface area contributed by atoms with Gasteiger partial charge in [0.15, 0.2) is 15.7 Å². The van der Waals surface area contributed by atoms with E-state index in [0.717, 1.165) is 53.9 Å². The number of aryl methyl sites for hydroxylation is 4. The van der Waals surface area contributed by atoms with Crippen molar-refractivity contribution in [2.75, 3.05) is 11.5 Å². The first-order valence-electron chi connectivity index (χ1n) is 9.74. The molecule has 0 atom stereocenters. The highest BCUT2D eigenvalue weighted by Crippen LogP contribution is 2.27. The van der Waals surface area contributed by atoms with Crippen LogP contribution in [-0.4, -0.2) is 28.7 Å². The number of nitrogens with zero attached hydrogens (tertiary/aromatic N) is 3. The van der Waals surface area contributed by atoms with Crippen LogP contribution in [0, 0.1) is 13.8 Å². The van der Waals surface area contributed by atoms with Crippen LogP contribution in [0.5, 0.6) is 0 Å². The minimum absolute atomic E-state index is 0.147. The fourth-order valence-electron chi connectivity index (χ4n) is 3.51. The number of nitrogens with two attached hydrogens (primary N) is 1. The van der Waals surface area contributed by atoms with Gasteiger partial charge in [-0.15, -0.1) is 0 Å². The smallest absolute Gasteiger partial charge is 0.178 e. The molecule has 0 radical (unpaired) electrons. The lowest BCUT2D eigenvalue weighted by atomic mass is 10.2. The van der Waals surface area contributed by atoms with Gasteiger partial charge in [-0.05, 0) is 50.8 Å². The summed E-state index contributed by atoms with van der Waals surface area (Å²) >= 11 is 0. The number of hydrogen-bond donors (Lipinski definition) is 1. The zero-order valence-corrected chi connectivity index (χ0v) is 17.6. The van der Waals surface area contributed by atoms with Crippen molar-refractivity contribution in [3.05, 3.63) is 47.4 Å². The third-order valence-corrected chi connectivity index (χ3v) is 6.91. The summed E-state index contributed by atoms with van der Waals surface area (Å²) in [6.45, 7) is 6.84. The number of benzene rings is 1. The van der Waals surface area contributed by atoms with Gasteiger partial charge in [0.2, 0.25) is 0 Å². The molecule has 3 aromatic rings. The van der Waals surface area contributed by atoms with Crippen molar-refractivity contribution in [1.29, 1.82) is 0 Å². The van der Waals surface area contributed by atoms with Crippen molar-refractivity contribution in [1.82, 2.24) is 14.5 Å². The lowest BCUT2D eigenvalue weighted by Gasteiger charge is -2.12. The number of imidazole rings is 1. The number of sulfone groups is 1. The maximum Gasteiger partial charge on any atom is 0.178 e. The molecule has 2 heterocycles. The summed E-state index contributed by atoms with van der Waals surface area (Å²) in [6, 6.07) is 8.64. The van der Waals surface area contributed by atoms with Gasteiger partial charge in [0.05, 0.1) is 16.2 Å². The highest BCUT2D eigenvalue weighted by molar-refractivity contribution is 7.91. The van der Waals surface area contributed by atoms with Crippen LogP contribution in [0.25, 0.3) is 11.0 Å². The Morgan fingerprint density at radius 3 is 2.46 bits per heavy atom. The predicted molar refractivity (Wildman–Crippen MR) is 113 cm³/mol. The van der Waals surface area contributed by atoms with Gasteiger partial charge in [-0.25, -0.2) is 18.4 Å². The van der Waals surface area contributed by atoms with Crippen LogP contribution in [0.4, 0.5) is 5.82 Å². The number of pyridine rings is 1. The van der Waals surface area contributed by atoms with Gasteiger partial charge < -0.3 is 10.3 Å². The number of unbranched alkanes of at least 4 members (excludes halogenated alkanes) is 1. The largest absolute Gasteiger partial charge is 0.382 e. The Hall–Kier alpha value is -2.41. The Labute approximate surface area is 166 Å². The van der Waals surface area contributed by atoms with Gasteiger partial charge in [0.1, 0.15) is 11.3 Å². The molecule has 0 amide bonds. The highest BCUT2D eigenvalue weighted by atomic mass is 32.2. The number of nitrogen functional groups attached to an aromatic ring is 1. The van der Waals surface area contributed by atoms with Gasteiger partial charge in [0.25, 0.3) is 0 Å². The number of hydrogen-bond acceptors (Lipinski definition) is 5. The van der Waals surface area contributed by atoms with E-state index in [9.17, 15) is 8.42 Å². The molecule has 0 aliphatic heterocycles. The maximum absolute atomic E-state index is 12.5. The highest BCUT2D eigenvalue weighted by Gasteiger charge is 2.18. The van der Waals surface area contributed by atoms with E-state index in [1.165, 1.54) is 0 Å². The van der Waals surface area contributed by atoms with Crippen molar-refractivity contribution in [2.45, 2.75) is 57.9 Å². The molecule has 3 rings (SSSR count). The van der Waals surface area contributed by atoms with Gasteiger partial charge in [-0.2, -0.15) is 0 Å². The second-order valence-corrected chi connectivity index (χ2v) is 9.28. The fraction of sp³-hybridized carbons (Fsp3) is 0.429. The summed E-state index contributed by atoms with van der Waals surface area (Å²) in [5.41, 5.74) is 9.88. The Morgan fingerprint density at radius 1 is 1.07 bits per heavy atom. The molecule has 6 nitrogen and oxygen atoms in total. The molecule has 0 saturated carbocycles. The lowest BCUT2D eigenvalue weighted by Crippen LogP contribution is -2.10. The molecule has 2 N–H and O–H groups in total. The molecule has 7 heteroatoms. The monoisotopic (exact) mass is 400 g/mol. The molecule has 150 valence electrons. The van der Waals surface area contributed by atoms with E-state index in [4.69, 9.17) is 10.7 Å². The SMILES string of the molecule is CCCc1nc2c(N)nc(C)c(C)c2n1CCCCS(=O)(=O)c1ccccc1. The predicted octanol–water partition coefficient (Wildman–Crippen LogP) is 3.84. The molecule has 0 unspecified atom stereocenters. The van der Waals surface area contributed by atoms with Crippen LogP contribution in [0.3, 0.4) is 0 Å². The van der Waals surface area contributed by atoms with E-state index < -0.39 is 9.84 Å². The van der Waals surface area contributed by atoms with Crippen LogP contribution in [0.1, 0.15) is 43.3 Å². The molecule has 0 bridgehead atoms. The third-order valence-electron chi connectivity index (χ3n) is 5.10. The summed E-state index contributed by atoms with van der Waals surface area (Å²) in [6.07, 6.45) is 3.20. The number of aromatic nitrogens is 3. The summed E-state index contributed by atoms with van der Waals surface area (Å²) in [4.78, 5) is 9.53. The zero-order chi connectivity index (χ0) is 20.3. The number of anilines is 1. The molecular formula is C21H28N4O2S. The lowest BCUT2D eigenvalue weighted by molar-refractivity contribution is 0.579. The van der Waals surface area contributed by atoms with Crippen molar-refractivity contribution in [3.63, 3.8) is 0 Å². The van der Waals surface area contributed by atoms with Crippen molar-refractivity contribution < 1.29 is 8.42 Å². The third kappa shape index (κ3) is 4.04. The van der Waals surface area contributed by atoms with Crippen LogP contribution in [0.15, 0.2) is 35.2 Å². The van der Waals surface area contributed by atoms with Crippen molar-refractivity contribution in [2.24, 2.45) is 0 Å². The quantitative estimate of drug-likeness (QED) is 0.580. The Bertz CT molecular complexity index is 1070. The molecule has 0 saturated heterocycles. The minimum Gasteiger partial charge on any atom is -0.382 e. The van der Waals surface area contributed by atoms with Gasteiger partial charge in [0, 0.05) is 18.7 Å². The standard InChI is InChI=1S/C21H28N4O2S/c1-4-10-18-24-19-20(15(2)16(3)23-21(19)22)25(18)13-8-9-14-28(26,27)17-11-6-5-7-12-17/h5-7,11-12H,4,8-10,13-14H2,1-3H3,(H2,22,23). The zero-order valence-electron chi connectivity index (χ0n) is 16.8. The Morgan fingerprint density at radius 2 is 1.79 bits per heavy atom. The molecular weight excluding hydrogens is 372 g/mol. The van der Waals surface area contributed by atoms with Gasteiger partial charge in [-0.1, -0.05) is 25.1 Å². The second kappa shape index (κ2) is 8.31. The first-order valence-corrected chi connectivity index (χ1v) is 11.4. The Kier molecular flexibility index (Phi) is 6.03. The molecule has 1 aromatic carbocycles. The topological polar surface area (TPSA) is 90.9 Å². The molecule has 0 aliphatic carbocycles. The second-order valence-electron chi connectivity index (χ2n) is 7.17. The van der Waals surface area contributed by atoms with Gasteiger partial charge >= 0.3 is 0 Å². The van der Waals surface area contributed by atoms with Crippen molar-refractivity contribution in [3.8, 4) is 0 Å². The van der Waals surface area contributed by atoms with E-state index in [1.807, 2.05) is 19.9 Å². The average Bonchev–Trinajstić information content (AvgIpc) is 3.03. The average molecular weight is 401 g/mol. The summed E-state index contributed by atoms with van der Waals surface area (Å²) in [5.74, 6) is 1.60. The number of fused-ring (bicyclic) bond motifs is 1. The van der Waals surface area contributed by atoms with E-state index in [2.05, 4.69) is 16.5 Å². The van der Waals surface area contributed by atoms with Crippen molar-refractivity contribution >= 4 is 26.7 Å². The first kappa shape index (κ1) is 20.3. The Balaban J connectivity index is 1.79. The summed E-state index contributed by atoms with van der Waals surface area (Å²) < 4.78 is 27.2. The maximum atomic E-state index is 12.5. The van der Waals surface area contributed by atoms with Crippen LogP contribution >= 0.6 is 0 Å².